The van der Waals surface area contributed by atoms with Crippen LogP contribution in [-0.4, -0.2) is 155 Å². The van der Waals surface area contributed by atoms with Crippen molar-refractivity contribution in [3.05, 3.63) is 29.8 Å². The summed E-state index contributed by atoms with van der Waals surface area (Å²) in [5.41, 5.74) is 16.8. The average Bonchev–Trinajstić information content (AvgIpc) is 3.82. The molecular formula is C47H73N11O14S. The lowest BCUT2D eigenvalue weighted by atomic mass is 9.96. The Hall–Kier alpha value is -6.99. The Kier molecular flexibility index (Phi) is 26.8. The lowest BCUT2D eigenvalue weighted by Gasteiger charge is -2.31. The van der Waals surface area contributed by atoms with Crippen molar-refractivity contribution in [2.45, 2.75) is 141 Å². The molecule has 0 radical (unpaired) electrons. The predicted molar refractivity (Wildman–Crippen MR) is 266 cm³/mol. The molecule has 2 unspecified atom stereocenters. The van der Waals surface area contributed by atoms with Gasteiger partial charge in [0.25, 0.3) is 5.97 Å². The van der Waals surface area contributed by atoms with Crippen LogP contribution in [0.1, 0.15) is 98.0 Å². The van der Waals surface area contributed by atoms with Crippen molar-refractivity contribution in [2.75, 3.05) is 31.7 Å². The van der Waals surface area contributed by atoms with Crippen molar-refractivity contribution >= 4 is 82.7 Å². The largest absolute Gasteiger partial charge is 0.497 e. The molecule has 2 fully saturated rings. The van der Waals surface area contributed by atoms with E-state index in [4.69, 9.17) is 31.8 Å². The Labute approximate surface area is 428 Å². The summed E-state index contributed by atoms with van der Waals surface area (Å²) < 4.78 is 5.25. The second-order valence-electron chi connectivity index (χ2n) is 18.2. The first-order valence-corrected chi connectivity index (χ1v) is 25.2. The number of ether oxygens (including phenoxy) is 1. The quantitative estimate of drug-likeness (QED) is 0.0730. The first-order valence-electron chi connectivity index (χ1n) is 24.0. The Bertz CT molecular complexity index is 2120. The highest BCUT2D eigenvalue weighted by Gasteiger charge is 2.40. The molecule has 2 saturated heterocycles. The van der Waals surface area contributed by atoms with Crippen molar-refractivity contribution in [3.63, 3.8) is 0 Å². The van der Waals surface area contributed by atoms with E-state index in [1.54, 1.807) is 38.1 Å². The van der Waals surface area contributed by atoms with Gasteiger partial charge in [0.15, 0.2) is 0 Å². The number of hydrogen-bond donors (Lipinski definition) is 11. The standard InChI is InChI=1S/C45H69N11O12S.C2H4O2/c1-6-25(4)38-44(66)51-28(15-16-34(46)57)40(62)52-31(21-35(47)58)41(63)54-32(23-69-18-8-10-37(60)50-30(42(64)55-38)20-26-11-13-27(68-5)14-12-26)45(67)56-17-7-9-33(56)43(65)53-29(19-24(2)3)39(61)49-22-36(48)59;1-2(3)4/h11-14,24-25,28-33,38H,6-10,15-23H2,1-5H3,(H2,46,57)(H2,47,58)(H2,48,59)(H,49,61)(H,50,60)(H,51,66)(H,52,62)(H,53,65)(H,54,63)(H,55,64);1H3,(H,3,4)/t25-,28-,29-,30?,31?,32-,33-,38-;/m0./s1. The molecule has 1 aromatic rings. The molecule has 1 aromatic carbocycles. The highest BCUT2D eigenvalue weighted by molar-refractivity contribution is 7.99. The minimum absolute atomic E-state index is 0.0237. The summed E-state index contributed by atoms with van der Waals surface area (Å²) in [6.45, 7) is 7.83. The molecule has 0 aromatic heterocycles. The first kappa shape index (κ1) is 62.1. The molecule has 0 aliphatic carbocycles. The van der Waals surface area contributed by atoms with Gasteiger partial charge in [0.2, 0.25) is 65.0 Å². The molecule has 2 aliphatic rings. The molecule has 2 aliphatic heterocycles. The van der Waals surface area contributed by atoms with Gasteiger partial charge in [-0.1, -0.05) is 46.2 Å². The van der Waals surface area contributed by atoms with Crippen LogP contribution in [0.5, 0.6) is 5.75 Å². The number of nitrogens with zero attached hydrogens (tertiary/aromatic N) is 1. The van der Waals surface area contributed by atoms with Crippen LogP contribution in [0.4, 0.5) is 0 Å². The molecule has 406 valence electrons. The average molecular weight is 1050 g/mol. The smallest absolute Gasteiger partial charge is 0.300 e. The lowest BCUT2D eigenvalue weighted by molar-refractivity contribution is -0.142. The third-order valence-corrected chi connectivity index (χ3v) is 12.7. The molecule has 73 heavy (non-hydrogen) atoms. The third-order valence-electron chi connectivity index (χ3n) is 11.6. The second-order valence-corrected chi connectivity index (χ2v) is 19.3. The summed E-state index contributed by atoms with van der Waals surface area (Å²) in [6.07, 6.45) is -0.176. The number of methoxy groups -OCH3 is 1. The minimum Gasteiger partial charge on any atom is -0.497 e. The molecular weight excluding hydrogens is 975 g/mol. The fourth-order valence-corrected chi connectivity index (χ4v) is 8.66. The molecule has 0 saturated carbocycles. The van der Waals surface area contributed by atoms with Crippen LogP contribution in [0.25, 0.3) is 0 Å². The number of thioether (sulfide) groups is 1. The number of carbonyl (C=O) groups is 12. The molecule has 11 amide bonds. The van der Waals surface area contributed by atoms with Gasteiger partial charge in [0, 0.05) is 38.5 Å². The number of aliphatic carboxylic acids is 1. The summed E-state index contributed by atoms with van der Waals surface area (Å²) in [5, 5.41) is 25.6. The summed E-state index contributed by atoms with van der Waals surface area (Å²) in [7, 11) is 1.50. The number of hydrogen-bond acceptors (Lipinski definition) is 14. The fraction of sp³-hybridized carbons (Fsp3) is 0.617. The summed E-state index contributed by atoms with van der Waals surface area (Å²) in [5.74, 6) is -9.43. The molecule has 3 rings (SSSR count). The normalized spacial score (nSPS) is 22.2. The number of primary amides is 3. The highest BCUT2D eigenvalue weighted by atomic mass is 32.2. The van der Waals surface area contributed by atoms with Gasteiger partial charge in [-0.2, -0.15) is 11.8 Å². The van der Waals surface area contributed by atoms with Crippen molar-refractivity contribution in [2.24, 2.45) is 29.0 Å². The fourth-order valence-electron chi connectivity index (χ4n) is 7.68. The van der Waals surface area contributed by atoms with Crippen molar-refractivity contribution in [3.8, 4) is 5.75 Å². The van der Waals surface area contributed by atoms with Crippen LogP contribution >= 0.6 is 11.8 Å². The van der Waals surface area contributed by atoms with Gasteiger partial charge < -0.3 is 69.2 Å². The monoisotopic (exact) mass is 1050 g/mol. The number of carboxylic acid groups (broad SMARTS) is 1. The maximum atomic E-state index is 14.5. The number of rotatable bonds is 18. The maximum Gasteiger partial charge on any atom is 0.300 e. The first-order chi connectivity index (χ1) is 34.4. The lowest BCUT2D eigenvalue weighted by Crippen LogP contribution is -2.61. The summed E-state index contributed by atoms with van der Waals surface area (Å²) in [6, 6.07) is -2.40. The number of amides is 11. The van der Waals surface area contributed by atoms with E-state index in [2.05, 4.69) is 37.2 Å². The van der Waals surface area contributed by atoms with Crippen LogP contribution in [0.2, 0.25) is 0 Å². The van der Waals surface area contributed by atoms with E-state index in [1.807, 2.05) is 13.8 Å². The van der Waals surface area contributed by atoms with Gasteiger partial charge in [-0.05, 0) is 67.4 Å². The number of nitrogens with one attached hydrogen (secondary N) is 7. The highest BCUT2D eigenvalue weighted by Crippen LogP contribution is 2.22. The van der Waals surface area contributed by atoms with Crippen LogP contribution in [0.3, 0.4) is 0 Å². The number of benzene rings is 1. The van der Waals surface area contributed by atoms with E-state index < -0.39 is 139 Å². The predicted octanol–water partition coefficient (Wildman–Crippen LogP) is -2.41. The van der Waals surface area contributed by atoms with E-state index in [0.29, 0.717) is 24.2 Å². The maximum absolute atomic E-state index is 14.5. The number of carbonyl (C=O) groups excluding carboxylic acids is 11. The topological polar surface area (TPSA) is 400 Å². The Morgan fingerprint density at radius 2 is 1.44 bits per heavy atom. The molecule has 26 heteroatoms. The van der Waals surface area contributed by atoms with E-state index in [0.717, 1.165) is 6.92 Å². The molecule has 0 bridgehead atoms. The zero-order chi connectivity index (χ0) is 54.9. The van der Waals surface area contributed by atoms with E-state index >= 15 is 0 Å². The number of likely N-dealkylation sites (tertiary alicyclic amines) is 1. The van der Waals surface area contributed by atoms with Crippen LogP contribution in [0, 0.1) is 11.8 Å². The molecule has 8 atom stereocenters. The van der Waals surface area contributed by atoms with Gasteiger partial charge in [-0.15, -0.1) is 0 Å². The Balaban J connectivity index is 0.00000439. The Morgan fingerprint density at radius 3 is 2.01 bits per heavy atom. The Morgan fingerprint density at radius 1 is 0.822 bits per heavy atom. The summed E-state index contributed by atoms with van der Waals surface area (Å²) >= 11 is 1.18. The van der Waals surface area contributed by atoms with Crippen LogP contribution in [-0.2, 0) is 64.0 Å². The summed E-state index contributed by atoms with van der Waals surface area (Å²) in [4.78, 5) is 157. The van der Waals surface area contributed by atoms with Crippen molar-refractivity contribution in [1.29, 1.82) is 0 Å². The third kappa shape index (κ3) is 22.5. The van der Waals surface area contributed by atoms with Crippen LogP contribution in [0.15, 0.2) is 24.3 Å². The molecule has 2 heterocycles. The van der Waals surface area contributed by atoms with Crippen LogP contribution < -0.4 is 59.2 Å². The minimum atomic E-state index is -1.71. The van der Waals surface area contributed by atoms with Gasteiger partial charge in [0.05, 0.1) is 20.1 Å². The molecule has 25 nitrogen and oxygen atoms in total. The zero-order valence-corrected chi connectivity index (χ0v) is 43.1. The molecule has 0 spiro atoms. The zero-order valence-electron chi connectivity index (χ0n) is 42.2. The van der Waals surface area contributed by atoms with Crippen molar-refractivity contribution in [1.82, 2.24) is 42.1 Å². The van der Waals surface area contributed by atoms with Gasteiger partial charge in [-0.25, -0.2) is 0 Å². The molecule has 14 N–H and O–H groups in total. The van der Waals surface area contributed by atoms with Crippen molar-refractivity contribution < 1.29 is 67.4 Å². The number of carboxylic acids is 1. The van der Waals surface area contributed by atoms with E-state index in [1.165, 1.54) is 23.8 Å². The SMILES string of the molecule is CC(=O)O.CC[C@H](C)[C@@H]1NC(=O)C(Cc2ccc(OC)cc2)NC(=O)CCCSC[C@@H](C(=O)N2CCC[C@H]2C(=O)N[C@@H](CC(C)C)C(=O)NCC(N)=O)NC(=O)C(CC(N)=O)NC(=O)[C@H](CCC(N)=O)NC1=O. The van der Waals surface area contributed by atoms with E-state index in [-0.39, 0.29) is 62.5 Å². The second kappa shape index (κ2) is 31.5. The van der Waals surface area contributed by atoms with Gasteiger partial charge >= 0.3 is 0 Å². The number of nitrogens with two attached hydrogens (primary N) is 3. The van der Waals surface area contributed by atoms with E-state index in [9.17, 15) is 52.7 Å². The van der Waals surface area contributed by atoms with Gasteiger partial charge in [0.1, 0.15) is 48.0 Å². The van der Waals surface area contributed by atoms with Gasteiger partial charge in [-0.3, -0.25) is 57.5 Å².